The molecule has 1 aromatic heterocycles. The van der Waals surface area contributed by atoms with Gasteiger partial charge >= 0.3 is 0 Å². The molecule has 220 valence electrons. The summed E-state index contributed by atoms with van der Waals surface area (Å²) in [6.07, 6.45) is 0. The molecular formula is C31H34N4O6S. The van der Waals surface area contributed by atoms with Crippen LogP contribution >= 0.6 is 0 Å². The second kappa shape index (κ2) is 10.2. The van der Waals surface area contributed by atoms with Gasteiger partial charge in [0.15, 0.2) is 17.2 Å². The molecule has 0 saturated heterocycles. The van der Waals surface area contributed by atoms with Crippen LogP contribution in [-0.2, 0) is 20.9 Å². The van der Waals surface area contributed by atoms with Crippen LogP contribution in [0.1, 0.15) is 63.2 Å². The highest BCUT2D eigenvalue weighted by Gasteiger charge is 2.28. The van der Waals surface area contributed by atoms with E-state index in [1.807, 2.05) is 47.6 Å². The highest BCUT2D eigenvalue weighted by molar-refractivity contribution is 7.89. The van der Waals surface area contributed by atoms with Gasteiger partial charge in [0, 0.05) is 22.4 Å². The molecule has 0 fully saturated rings. The van der Waals surface area contributed by atoms with Crippen molar-refractivity contribution in [1.29, 1.82) is 0 Å². The number of benzene rings is 3. The number of ether oxygens (including phenoxy) is 2. The van der Waals surface area contributed by atoms with Crippen molar-refractivity contribution in [2.24, 2.45) is 5.14 Å². The number of primary sulfonamides is 1. The molecule has 4 aromatic rings. The Labute approximate surface area is 245 Å². The maximum Gasteiger partial charge on any atom is 0.276 e. The molecule has 0 unspecified atom stereocenters. The van der Waals surface area contributed by atoms with Gasteiger partial charge < -0.3 is 19.9 Å². The van der Waals surface area contributed by atoms with E-state index in [-0.39, 0.29) is 34.0 Å². The summed E-state index contributed by atoms with van der Waals surface area (Å²) in [4.78, 5) is 13.6. The predicted octanol–water partition coefficient (Wildman–Crippen LogP) is 5.47. The molecule has 11 heteroatoms. The number of sulfonamides is 1. The Morgan fingerprint density at radius 3 is 2.07 bits per heavy atom. The number of phenolic OH excluding ortho intramolecular Hbond substituents is 1. The minimum atomic E-state index is -3.89. The normalized spacial score (nSPS) is 13.3. The van der Waals surface area contributed by atoms with Crippen LogP contribution in [0.25, 0.3) is 16.9 Å². The number of phenols is 1. The summed E-state index contributed by atoms with van der Waals surface area (Å²) < 4.78 is 36.1. The number of carbonyl (C=O) groups is 1. The summed E-state index contributed by atoms with van der Waals surface area (Å²) in [6, 6.07) is 16.5. The lowest BCUT2D eigenvalue weighted by atomic mass is 9.79. The molecule has 42 heavy (non-hydrogen) atoms. The molecule has 5 rings (SSSR count). The van der Waals surface area contributed by atoms with Crippen molar-refractivity contribution in [3.05, 3.63) is 77.5 Å². The Kier molecular flexibility index (Phi) is 7.06. The zero-order chi connectivity index (χ0) is 30.6. The molecule has 0 radical (unpaired) electrons. The summed E-state index contributed by atoms with van der Waals surface area (Å²) in [6.45, 7) is 12.1. The number of aromatic nitrogens is 2. The molecule has 0 spiro atoms. The number of nitrogens with zero attached hydrogens (tertiary/aromatic N) is 2. The Morgan fingerprint density at radius 1 is 0.905 bits per heavy atom. The van der Waals surface area contributed by atoms with Crippen molar-refractivity contribution in [2.45, 2.75) is 57.3 Å². The molecule has 0 saturated carbocycles. The van der Waals surface area contributed by atoms with E-state index in [0.717, 1.165) is 0 Å². The van der Waals surface area contributed by atoms with Gasteiger partial charge in [0.25, 0.3) is 5.91 Å². The monoisotopic (exact) mass is 590 g/mol. The van der Waals surface area contributed by atoms with Crippen LogP contribution in [0.2, 0.25) is 0 Å². The fourth-order valence-corrected chi connectivity index (χ4v) is 5.29. The maximum atomic E-state index is 13.6. The summed E-state index contributed by atoms with van der Waals surface area (Å²) in [5.41, 5.74) is 3.13. The first-order valence-electron chi connectivity index (χ1n) is 13.3. The summed E-state index contributed by atoms with van der Waals surface area (Å²) >= 11 is 0. The Hall–Kier alpha value is -4.35. The van der Waals surface area contributed by atoms with Crippen LogP contribution in [0, 0.1) is 0 Å². The number of fused-ring (bicyclic) bond motifs is 1. The fourth-order valence-electron chi connectivity index (χ4n) is 4.77. The van der Waals surface area contributed by atoms with Gasteiger partial charge in [-0.25, -0.2) is 18.2 Å². The SMILES string of the molecule is CC(C)(C)c1cc(NC(=O)c2cc(-c3ccc4c(c3)OCO4)n(-c3ccc(S(N)(=O)=O)cc3)n2)cc(C(C)(C)C)c1O. The van der Waals surface area contributed by atoms with E-state index in [0.29, 0.717) is 45.3 Å². The fraction of sp³-hybridized carbons (Fsp3) is 0.290. The van der Waals surface area contributed by atoms with Crippen molar-refractivity contribution in [3.63, 3.8) is 0 Å². The lowest BCUT2D eigenvalue weighted by molar-refractivity contribution is 0.102. The van der Waals surface area contributed by atoms with Crippen molar-refractivity contribution in [1.82, 2.24) is 9.78 Å². The van der Waals surface area contributed by atoms with E-state index in [9.17, 15) is 18.3 Å². The van der Waals surface area contributed by atoms with Gasteiger partial charge in [-0.3, -0.25) is 4.79 Å². The van der Waals surface area contributed by atoms with Gasteiger partial charge in [-0.15, -0.1) is 0 Å². The highest BCUT2D eigenvalue weighted by Crippen LogP contribution is 2.41. The van der Waals surface area contributed by atoms with E-state index < -0.39 is 15.9 Å². The van der Waals surface area contributed by atoms with E-state index >= 15 is 0 Å². The van der Waals surface area contributed by atoms with Gasteiger partial charge in [0.05, 0.1) is 16.3 Å². The number of amides is 1. The first kappa shape index (κ1) is 29.2. The average molecular weight is 591 g/mol. The highest BCUT2D eigenvalue weighted by atomic mass is 32.2. The van der Waals surface area contributed by atoms with Crippen molar-refractivity contribution in [2.75, 3.05) is 12.1 Å². The molecule has 1 aliphatic rings. The van der Waals surface area contributed by atoms with Gasteiger partial charge in [0.2, 0.25) is 16.8 Å². The van der Waals surface area contributed by atoms with Gasteiger partial charge in [0.1, 0.15) is 5.75 Å². The lowest BCUT2D eigenvalue weighted by Gasteiger charge is -2.28. The average Bonchev–Trinajstić information content (AvgIpc) is 3.55. The number of nitrogens with one attached hydrogen (secondary N) is 1. The Balaban J connectivity index is 1.58. The zero-order valence-corrected chi connectivity index (χ0v) is 25.2. The smallest absolute Gasteiger partial charge is 0.276 e. The van der Waals surface area contributed by atoms with Crippen LogP contribution in [0.15, 0.2) is 65.6 Å². The molecule has 10 nitrogen and oxygen atoms in total. The molecule has 1 amide bonds. The van der Waals surface area contributed by atoms with E-state index in [1.165, 1.54) is 12.1 Å². The molecule has 2 heterocycles. The van der Waals surface area contributed by atoms with Crippen molar-refractivity contribution < 1.29 is 27.8 Å². The summed E-state index contributed by atoms with van der Waals surface area (Å²) in [7, 11) is -3.89. The second-order valence-corrected chi connectivity index (χ2v) is 13.9. The van der Waals surface area contributed by atoms with Crippen molar-refractivity contribution >= 4 is 21.6 Å². The number of carbonyl (C=O) groups excluding carboxylic acids is 1. The van der Waals surface area contributed by atoms with Crippen LogP contribution < -0.4 is 19.9 Å². The molecule has 0 aliphatic carbocycles. The standard InChI is InChI=1S/C31H34N4O6S/c1-30(2,3)22-14-19(15-23(28(22)36)31(4,5)6)33-29(37)24-16-25(18-7-12-26-27(13-18)41-17-40-26)35(34-24)20-8-10-21(11-9-20)42(32,38)39/h7-16,36H,17H2,1-6H3,(H,33,37)(H2,32,38,39). The molecule has 4 N–H and O–H groups in total. The van der Waals surface area contributed by atoms with Gasteiger partial charge in [-0.1, -0.05) is 41.5 Å². The molecule has 0 bridgehead atoms. The number of hydrogen-bond donors (Lipinski definition) is 3. The summed E-state index contributed by atoms with van der Waals surface area (Å²) in [5, 5.41) is 23.9. The molecule has 1 aliphatic heterocycles. The first-order chi connectivity index (χ1) is 19.5. The van der Waals surface area contributed by atoms with Crippen LogP contribution in [0.3, 0.4) is 0 Å². The number of anilines is 1. The van der Waals surface area contributed by atoms with E-state index in [1.54, 1.807) is 47.1 Å². The molecule has 3 aromatic carbocycles. The number of aromatic hydroxyl groups is 1. The number of hydrogen-bond acceptors (Lipinski definition) is 7. The number of nitrogens with two attached hydrogens (primary N) is 1. The topological polar surface area (TPSA) is 146 Å². The van der Waals surface area contributed by atoms with Crippen molar-refractivity contribution in [3.8, 4) is 34.2 Å². The minimum absolute atomic E-state index is 0.0439. The van der Waals surface area contributed by atoms with Crippen LogP contribution in [0.4, 0.5) is 5.69 Å². The zero-order valence-electron chi connectivity index (χ0n) is 24.3. The lowest BCUT2D eigenvalue weighted by Crippen LogP contribution is -2.19. The molecular weight excluding hydrogens is 556 g/mol. The molecule has 0 atom stereocenters. The Morgan fingerprint density at radius 2 is 1.50 bits per heavy atom. The van der Waals surface area contributed by atoms with Gasteiger partial charge in [-0.05, 0) is 71.5 Å². The predicted molar refractivity (Wildman–Crippen MR) is 160 cm³/mol. The number of rotatable bonds is 5. The largest absolute Gasteiger partial charge is 0.507 e. The second-order valence-electron chi connectivity index (χ2n) is 12.3. The minimum Gasteiger partial charge on any atom is -0.507 e. The Bertz CT molecular complexity index is 1760. The third kappa shape index (κ3) is 5.70. The first-order valence-corrected chi connectivity index (χ1v) is 14.9. The maximum absolute atomic E-state index is 13.6. The quantitative estimate of drug-likeness (QED) is 0.261. The van der Waals surface area contributed by atoms with Crippen LogP contribution in [0.5, 0.6) is 17.2 Å². The summed E-state index contributed by atoms with van der Waals surface area (Å²) in [5.74, 6) is 0.925. The van der Waals surface area contributed by atoms with E-state index in [2.05, 4.69) is 10.4 Å². The third-order valence-corrected chi connectivity index (χ3v) is 7.93. The van der Waals surface area contributed by atoms with Gasteiger partial charge in [-0.2, -0.15) is 5.10 Å². The third-order valence-electron chi connectivity index (χ3n) is 7.00. The van der Waals surface area contributed by atoms with E-state index in [4.69, 9.17) is 14.6 Å². The van der Waals surface area contributed by atoms with Crippen LogP contribution in [-0.4, -0.2) is 36.0 Å².